The summed E-state index contributed by atoms with van der Waals surface area (Å²) in [6.07, 6.45) is 2.55. The molecule has 0 bridgehead atoms. The lowest BCUT2D eigenvalue weighted by molar-refractivity contribution is 0.414. The number of nitrogens with two attached hydrogens (primary N) is 1. The number of nitrogens with one attached hydrogen (secondary N) is 2. The largest absolute Gasteiger partial charge is 0.490 e. The minimum Gasteiger partial charge on any atom is -0.490 e. The molecule has 0 amide bonds. The van der Waals surface area contributed by atoms with Crippen LogP contribution in [0, 0.1) is 0 Å². The Hall–Kier alpha value is -2.34. The summed E-state index contributed by atoms with van der Waals surface area (Å²) in [4.78, 5) is 8.22. The van der Waals surface area contributed by atoms with Gasteiger partial charge in [-0.05, 0) is 17.5 Å². The van der Waals surface area contributed by atoms with Crippen molar-refractivity contribution in [2.24, 2.45) is 5.84 Å². The lowest BCUT2D eigenvalue weighted by Crippen LogP contribution is -2.24. The molecule has 1 atom stereocenters. The second-order valence-corrected chi connectivity index (χ2v) is 4.73. The first-order valence-corrected chi connectivity index (χ1v) is 6.50. The van der Waals surface area contributed by atoms with E-state index in [0.717, 1.165) is 13.0 Å². The van der Waals surface area contributed by atoms with Gasteiger partial charge in [-0.15, -0.1) is 0 Å². The number of ether oxygens (including phenoxy) is 1. The highest BCUT2D eigenvalue weighted by molar-refractivity contribution is 5.63. The molecule has 1 aromatic carbocycles. The van der Waals surface area contributed by atoms with Gasteiger partial charge in [0.15, 0.2) is 11.6 Å². The van der Waals surface area contributed by atoms with Crippen molar-refractivity contribution < 1.29 is 4.74 Å². The van der Waals surface area contributed by atoms with Gasteiger partial charge in [0.05, 0.1) is 7.11 Å². The van der Waals surface area contributed by atoms with E-state index >= 15 is 0 Å². The van der Waals surface area contributed by atoms with Gasteiger partial charge in [0, 0.05) is 12.5 Å². The zero-order chi connectivity index (χ0) is 13.9. The Labute approximate surface area is 117 Å². The molecule has 1 aliphatic carbocycles. The molecular weight excluding hydrogens is 254 g/mol. The van der Waals surface area contributed by atoms with Gasteiger partial charge in [0.25, 0.3) is 0 Å². The molecular formula is C14H17N5O. The van der Waals surface area contributed by atoms with Crippen LogP contribution in [0.5, 0.6) is 5.75 Å². The number of methoxy groups -OCH3 is 1. The standard InChI is InChI=1S/C14H17N5O/c1-20-12-13(17-8-18-14(12)19-15)16-7-10-6-9-4-2-3-5-11(9)10/h2-5,8,10H,6-7,15H2,1H3,(H2,16,17,18,19). The molecule has 6 heteroatoms. The van der Waals surface area contributed by atoms with Gasteiger partial charge >= 0.3 is 0 Å². The first-order valence-electron chi connectivity index (χ1n) is 6.50. The normalized spacial score (nSPS) is 16.0. The van der Waals surface area contributed by atoms with Gasteiger partial charge in [0.2, 0.25) is 5.75 Å². The monoisotopic (exact) mass is 271 g/mol. The Bertz CT molecular complexity index is 616. The maximum Gasteiger partial charge on any atom is 0.205 e. The van der Waals surface area contributed by atoms with Gasteiger partial charge in [-0.25, -0.2) is 15.8 Å². The lowest BCUT2D eigenvalue weighted by atomic mass is 9.77. The van der Waals surface area contributed by atoms with Crippen LogP contribution in [0.1, 0.15) is 17.0 Å². The third kappa shape index (κ3) is 2.14. The Morgan fingerprint density at radius 2 is 2.10 bits per heavy atom. The first-order chi connectivity index (χ1) is 9.83. The number of nitrogen functional groups attached to an aromatic ring is 1. The third-order valence-corrected chi connectivity index (χ3v) is 3.62. The minimum absolute atomic E-state index is 0.471. The van der Waals surface area contributed by atoms with Crippen LogP contribution >= 0.6 is 0 Å². The van der Waals surface area contributed by atoms with E-state index in [0.29, 0.717) is 23.3 Å². The number of benzene rings is 1. The van der Waals surface area contributed by atoms with E-state index in [1.807, 2.05) is 0 Å². The number of hydrogen-bond acceptors (Lipinski definition) is 6. The van der Waals surface area contributed by atoms with Gasteiger partial charge in [-0.2, -0.15) is 0 Å². The van der Waals surface area contributed by atoms with Crippen molar-refractivity contribution in [2.75, 3.05) is 24.4 Å². The minimum atomic E-state index is 0.471. The van der Waals surface area contributed by atoms with Gasteiger partial charge < -0.3 is 15.5 Å². The molecule has 3 rings (SSSR count). The predicted molar refractivity (Wildman–Crippen MR) is 77.8 cm³/mol. The van der Waals surface area contributed by atoms with Crippen LogP contribution in [0.3, 0.4) is 0 Å². The summed E-state index contributed by atoms with van der Waals surface area (Å²) in [7, 11) is 1.57. The summed E-state index contributed by atoms with van der Waals surface area (Å²) < 4.78 is 5.29. The Kier molecular flexibility index (Phi) is 3.39. The molecule has 0 spiro atoms. The summed E-state index contributed by atoms with van der Waals surface area (Å²) in [6, 6.07) is 8.50. The van der Waals surface area contributed by atoms with E-state index in [9.17, 15) is 0 Å². The van der Waals surface area contributed by atoms with E-state index in [1.54, 1.807) is 7.11 Å². The summed E-state index contributed by atoms with van der Waals surface area (Å²) in [5.74, 6) is 7.57. The fourth-order valence-corrected chi connectivity index (χ4v) is 2.56. The average Bonchev–Trinajstić information content (AvgIpc) is 2.47. The van der Waals surface area contributed by atoms with Crippen LogP contribution in [0.2, 0.25) is 0 Å². The highest BCUT2D eigenvalue weighted by Gasteiger charge is 2.25. The van der Waals surface area contributed by atoms with Crippen molar-refractivity contribution in [3.05, 3.63) is 41.7 Å². The predicted octanol–water partition coefficient (Wildman–Crippen LogP) is 1.52. The highest BCUT2D eigenvalue weighted by atomic mass is 16.5. The highest BCUT2D eigenvalue weighted by Crippen LogP contribution is 2.36. The summed E-state index contributed by atoms with van der Waals surface area (Å²) in [6.45, 7) is 0.814. The maximum absolute atomic E-state index is 5.40. The third-order valence-electron chi connectivity index (χ3n) is 3.62. The average molecular weight is 271 g/mol. The molecule has 0 radical (unpaired) electrons. The zero-order valence-corrected chi connectivity index (χ0v) is 11.3. The molecule has 0 saturated carbocycles. The summed E-state index contributed by atoms with van der Waals surface area (Å²) in [5.41, 5.74) is 5.34. The SMILES string of the molecule is COc1c(NN)ncnc1NCC1Cc2ccccc21. The summed E-state index contributed by atoms with van der Waals surface area (Å²) >= 11 is 0. The molecule has 0 fully saturated rings. The number of aromatic nitrogens is 2. The Balaban J connectivity index is 1.71. The summed E-state index contributed by atoms with van der Waals surface area (Å²) in [5, 5.41) is 3.31. The van der Waals surface area contributed by atoms with Crippen LogP contribution in [0.15, 0.2) is 30.6 Å². The molecule has 1 aromatic heterocycles. The second kappa shape index (κ2) is 5.34. The number of rotatable bonds is 5. The van der Waals surface area contributed by atoms with Crippen molar-refractivity contribution in [1.29, 1.82) is 0 Å². The molecule has 1 unspecified atom stereocenters. The number of fused-ring (bicyclic) bond motifs is 1. The van der Waals surface area contributed by atoms with Crippen LogP contribution in [0.25, 0.3) is 0 Å². The quantitative estimate of drug-likeness (QED) is 0.565. The van der Waals surface area contributed by atoms with Crippen molar-refractivity contribution in [1.82, 2.24) is 9.97 Å². The van der Waals surface area contributed by atoms with Crippen molar-refractivity contribution in [3.8, 4) is 5.75 Å². The van der Waals surface area contributed by atoms with E-state index in [-0.39, 0.29) is 0 Å². The molecule has 0 saturated heterocycles. The number of nitrogens with zero attached hydrogens (tertiary/aromatic N) is 2. The molecule has 104 valence electrons. The van der Waals surface area contributed by atoms with E-state index in [2.05, 4.69) is 45.0 Å². The number of anilines is 2. The van der Waals surface area contributed by atoms with Gasteiger partial charge in [-0.1, -0.05) is 24.3 Å². The van der Waals surface area contributed by atoms with Crippen LogP contribution < -0.4 is 21.3 Å². The van der Waals surface area contributed by atoms with Gasteiger partial charge in [-0.3, -0.25) is 0 Å². The molecule has 1 aliphatic rings. The Morgan fingerprint density at radius 3 is 2.85 bits per heavy atom. The first kappa shape index (κ1) is 12.7. The van der Waals surface area contributed by atoms with Crippen LogP contribution in [-0.4, -0.2) is 23.6 Å². The molecule has 1 heterocycles. The topological polar surface area (TPSA) is 85.1 Å². The lowest BCUT2D eigenvalue weighted by Gasteiger charge is -2.30. The van der Waals surface area contributed by atoms with E-state index in [4.69, 9.17) is 10.6 Å². The molecule has 20 heavy (non-hydrogen) atoms. The van der Waals surface area contributed by atoms with E-state index in [1.165, 1.54) is 17.5 Å². The number of hydrogen-bond donors (Lipinski definition) is 3. The molecule has 6 nitrogen and oxygen atoms in total. The second-order valence-electron chi connectivity index (χ2n) is 4.73. The van der Waals surface area contributed by atoms with Gasteiger partial charge in [0.1, 0.15) is 6.33 Å². The van der Waals surface area contributed by atoms with Crippen molar-refractivity contribution >= 4 is 11.6 Å². The number of hydrazine groups is 1. The Morgan fingerprint density at radius 1 is 1.30 bits per heavy atom. The van der Waals surface area contributed by atoms with Crippen LogP contribution in [0.4, 0.5) is 11.6 Å². The fraction of sp³-hybridized carbons (Fsp3) is 0.286. The fourth-order valence-electron chi connectivity index (χ4n) is 2.56. The molecule has 0 aliphatic heterocycles. The molecule has 2 aromatic rings. The van der Waals surface area contributed by atoms with Crippen molar-refractivity contribution in [2.45, 2.75) is 12.3 Å². The van der Waals surface area contributed by atoms with E-state index < -0.39 is 0 Å². The van der Waals surface area contributed by atoms with Crippen molar-refractivity contribution in [3.63, 3.8) is 0 Å². The maximum atomic E-state index is 5.40. The zero-order valence-electron chi connectivity index (χ0n) is 11.3. The van der Waals surface area contributed by atoms with Crippen LogP contribution in [-0.2, 0) is 6.42 Å². The smallest absolute Gasteiger partial charge is 0.205 e. The molecule has 4 N–H and O–H groups in total.